The van der Waals surface area contributed by atoms with Crippen molar-refractivity contribution < 1.29 is 42.9 Å². The fourth-order valence-electron chi connectivity index (χ4n) is 2.95. The minimum Gasteiger partial charge on any atom is -0.468 e. The number of carbonyl (C=O) groups is 4. The maximum Gasteiger partial charge on any atom is 0.508 e. The molecule has 10 nitrogen and oxygen atoms in total. The summed E-state index contributed by atoms with van der Waals surface area (Å²) in [5.74, 6) is -1.64. The Bertz CT molecular complexity index is 839. The van der Waals surface area contributed by atoms with Gasteiger partial charge in [0.1, 0.15) is 11.6 Å². The van der Waals surface area contributed by atoms with Gasteiger partial charge in [-0.3, -0.25) is 14.4 Å². The van der Waals surface area contributed by atoms with Crippen LogP contribution in [0, 0.1) is 0 Å². The summed E-state index contributed by atoms with van der Waals surface area (Å²) >= 11 is 0. The minimum atomic E-state index is -1.56. The Morgan fingerprint density at radius 3 is 2.15 bits per heavy atom. The maximum absolute atomic E-state index is 12.5. The first-order valence-corrected chi connectivity index (χ1v) is 10.8. The van der Waals surface area contributed by atoms with Gasteiger partial charge in [0.05, 0.1) is 13.7 Å². The molecular formula is C23H33NO9. The van der Waals surface area contributed by atoms with Crippen molar-refractivity contribution in [3.8, 4) is 11.5 Å². The number of ether oxygens (including phenoxy) is 5. The molecule has 0 aliphatic carbocycles. The number of hydrogen-bond donors (Lipinski definition) is 1. The first-order valence-electron chi connectivity index (χ1n) is 10.8. The average molecular weight is 468 g/mol. The predicted molar refractivity (Wildman–Crippen MR) is 118 cm³/mol. The van der Waals surface area contributed by atoms with Crippen molar-refractivity contribution in [1.29, 1.82) is 0 Å². The summed E-state index contributed by atoms with van der Waals surface area (Å²) in [7, 11) is 1.20. The smallest absolute Gasteiger partial charge is 0.468 e. The predicted octanol–water partition coefficient (Wildman–Crippen LogP) is 3.07. The molecule has 184 valence electrons. The van der Waals surface area contributed by atoms with Crippen molar-refractivity contribution in [3.63, 3.8) is 0 Å². The van der Waals surface area contributed by atoms with E-state index in [1.54, 1.807) is 26.8 Å². The van der Waals surface area contributed by atoms with Crippen LogP contribution >= 0.6 is 0 Å². The summed E-state index contributed by atoms with van der Waals surface area (Å²) in [6.45, 7) is 6.90. The molecule has 0 heterocycles. The molecular weight excluding hydrogens is 434 g/mol. The highest BCUT2D eigenvalue weighted by Gasteiger charge is 2.38. The number of rotatable bonds is 12. The molecule has 0 amide bonds. The average Bonchev–Trinajstić information content (AvgIpc) is 2.78. The van der Waals surface area contributed by atoms with E-state index in [4.69, 9.17) is 29.4 Å². The largest absolute Gasteiger partial charge is 0.508 e. The summed E-state index contributed by atoms with van der Waals surface area (Å²) in [4.78, 5) is 47.8. The molecule has 1 aromatic carbocycles. The molecule has 2 atom stereocenters. The van der Waals surface area contributed by atoms with Crippen molar-refractivity contribution in [2.45, 2.75) is 71.4 Å². The van der Waals surface area contributed by atoms with Crippen molar-refractivity contribution in [2.75, 3.05) is 13.7 Å². The number of benzene rings is 1. The zero-order chi connectivity index (χ0) is 25.0. The van der Waals surface area contributed by atoms with Crippen LogP contribution in [0.4, 0.5) is 4.79 Å². The summed E-state index contributed by atoms with van der Waals surface area (Å²) in [6.07, 6.45) is -0.810. The molecule has 33 heavy (non-hydrogen) atoms. The lowest BCUT2D eigenvalue weighted by Gasteiger charge is -2.29. The molecule has 1 rings (SSSR count). The Morgan fingerprint density at radius 2 is 1.61 bits per heavy atom. The molecule has 1 unspecified atom stereocenters. The lowest BCUT2D eigenvalue weighted by atomic mass is 9.86. The SMILES string of the molecule is CCCOC(=O)O[C@@H](C)CC(N)(Cc1ccc(OC(=O)CC)c(OC(=O)CC)c1)C(=O)OC. The highest BCUT2D eigenvalue weighted by molar-refractivity contribution is 5.81. The highest BCUT2D eigenvalue weighted by atomic mass is 16.7. The van der Waals surface area contributed by atoms with Gasteiger partial charge in [-0.25, -0.2) is 4.79 Å². The molecule has 0 spiro atoms. The molecule has 0 aromatic heterocycles. The van der Waals surface area contributed by atoms with Gasteiger partial charge in [-0.05, 0) is 31.0 Å². The third kappa shape index (κ3) is 9.09. The molecule has 0 aliphatic heterocycles. The van der Waals surface area contributed by atoms with E-state index in [0.717, 1.165) is 0 Å². The second-order valence-corrected chi connectivity index (χ2v) is 7.49. The number of carbonyl (C=O) groups excluding carboxylic acids is 4. The van der Waals surface area contributed by atoms with Crippen LogP contribution in [-0.2, 0) is 35.0 Å². The fraction of sp³-hybridized carbons (Fsp3) is 0.565. The number of esters is 3. The van der Waals surface area contributed by atoms with Crippen LogP contribution in [0.1, 0.15) is 58.9 Å². The van der Waals surface area contributed by atoms with Crippen LogP contribution < -0.4 is 15.2 Å². The lowest BCUT2D eigenvalue weighted by molar-refractivity contribution is -0.148. The standard InChI is InChI=1S/C23H33NO9/c1-6-11-30-22(28)31-15(4)13-23(24,21(27)29-5)14-16-9-10-17(32-19(25)7-2)18(12-16)33-20(26)8-3/h9-10,12,15H,6-8,11,13-14,24H2,1-5H3/t15-,23?/m0/s1. The van der Waals surface area contributed by atoms with Crippen molar-refractivity contribution in [2.24, 2.45) is 5.73 Å². The molecule has 0 aliphatic rings. The zero-order valence-corrected chi connectivity index (χ0v) is 19.8. The second kappa shape index (κ2) is 13.4. The molecule has 0 radical (unpaired) electrons. The van der Waals surface area contributed by atoms with Crippen molar-refractivity contribution in [1.82, 2.24) is 0 Å². The minimum absolute atomic E-state index is 0.0285. The Balaban J connectivity index is 3.14. The molecule has 0 bridgehead atoms. The van der Waals surface area contributed by atoms with Crippen LogP contribution in [0.5, 0.6) is 11.5 Å². The highest BCUT2D eigenvalue weighted by Crippen LogP contribution is 2.31. The topological polar surface area (TPSA) is 140 Å². The van der Waals surface area contributed by atoms with Gasteiger partial charge in [-0.15, -0.1) is 0 Å². The van der Waals surface area contributed by atoms with Gasteiger partial charge in [0.25, 0.3) is 0 Å². The van der Waals surface area contributed by atoms with Gasteiger partial charge in [-0.1, -0.05) is 26.8 Å². The van der Waals surface area contributed by atoms with Crippen molar-refractivity contribution >= 4 is 24.1 Å². The maximum atomic E-state index is 12.5. The van der Waals surface area contributed by atoms with Crippen LogP contribution in [-0.4, -0.2) is 49.4 Å². The van der Waals surface area contributed by atoms with Gasteiger partial charge in [0.15, 0.2) is 11.5 Å². The van der Waals surface area contributed by atoms with E-state index in [1.165, 1.54) is 19.2 Å². The molecule has 0 fully saturated rings. The number of hydrogen-bond acceptors (Lipinski definition) is 10. The van der Waals surface area contributed by atoms with Crippen molar-refractivity contribution in [3.05, 3.63) is 23.8 Å². The molecule has 10 heteroatoms. The van der Waals surface area contributed by atoms with E-state index in [9.17, 15) is 19.2 Å². The lowest BCUT2D eigenvalue weighted by Crippen LogP contribution is -2.53. The van der Waals surface area contributed by atoms with E-state index >= 15 is 0 Å². The Hall–Kier alpha value is -3.14. The molecule has 0 saturated heterocycles. The molecule has 0 saturated carbocycles. The summed E-state index contributed by atoms with van der Waals surface area (Å²) < 4.78 is 25.5. The normalized spacial score (nSPS) is 13.3. The van der Waals surface area contributed by atoms with Gasteiger partial charge >= 0.3 is 24.1 Å². The quantitative estimate of drug-likeness (QED) is 0.360. The van der Waals surface area contributed by atoms with E-state index < -0.39 is 35.7 Å². The van der Waals surface area contributed by atoms with Crippen LogP contribution in [0.25, 0.3) is 0 Å². The van der Waals surface area contributed by atoms with E-state index in [1.807, 2.05) is 6.92 Å². The van der Waals surface area contributed by atoms with Gasteiger partial charge in [0, 0.05) is 25.7 Å². The third-order valence-electron chi connectivity index (χ3n) is 4.52. The Kier molecular flexibility index (Phi) is 11.3. The summed E-state index contributed by atoms with van der Waals surface area (Å²) in [5, 5.41) is 0. The monoisotopic (exact) mass is 467 g/mol. The third-order valence-corrected chi connectivity index (χ3v) is 4.52. The van der Waals surface area contributed by atoms with Gasteiger partial charge in [-0.2, -0.15) is 0 Å². The Labute approximate surface area is 193 Å². The first-order chi connectivity index (χ1) is 15.6. The van der Waals surface area contributed by atoms with Crippen LogP contribution in [0.3, 0.4) is 0 Å². The number of methoxy groups -OCH3 is 1. The van der Waals surface area contributed by atoms with E-state index in [2.05, 4.69) is 0 Å². The first kappa shape index (κ1) is 27.9. The van der Waals surface area contributed by atoms with E-state index in [0.29, 0.717) is 12.0 Å². The van der Waals surface area contributed by atoms with E-state index in [-0.39, 0.29) is 43.8 Å². The molecule has 1 aromatic rings. The second-order valence-electron chi connectivity index (χ2n) is 7.49. The van der Waals surface area contributed by atoms with Crippen LogP contribution in [0.2, 0.25) is 0 Å². The summed E-state index contributed by atoms with van der Waals surface area (Å²) in [5.41, 5.74) is 5.33. The summed E-state index contributed by atoms with van der Waals surface area (Å²) in [6, 6.07) is 4.52. The number of nitrogens with two attached hydrogens (primary N) is 1. The van der Waals surface area contributed by atoms with Crippen LogP contribution in [0.15, 0.2) is 18.2 Å². The zero-order valence-electron chi connectivity index (χ0n) is 19.8. The molecule has 2 N–H and O–H groups in total. The van der Waals surface area contributed by atoms with Gasteiger partial charge < -0.3 is 29.4 Å². The fourth-order valence-corrected chi connectivity index (χ4v) is 2.95. The Morgan fingerprint density at radius 1 is 1.00 bits per heavy atom. The van der Waals surface area contributed by atoms with Gasteiger partial charge in [0.2, 0.25) is 0 Å².